The molecule has 16 heavy (non-hydrogen) atoms. The minimum atomic E-state index is -0.0983. The van der Waals surface area contributed by atoms with Gasteiger partial charge in [-0.1, -0.05) is 45.7 Å². The first-order valence-electron chi connectivity index (χ1n) is 5.58. The van der Waals surface area contributed by atoms with Gasteiger partial charge < -0.3 is 0 Å². The lowest BCUT2D eigenvalue weighted by atomic mass is 10.0. The first-order valence-corrected chi connectivity index (χ1v) is 7.29. The average Bonchev–Trinajstić information content (AvgIpc) is 2.22. The first-order chi connectivity index (χ1) is 7.50. The van der Waals surface area contributed by atoms with Gasteiger partial charge in [0.1, 0.15) is 5.82 Å². The van der Waals surface area contributed by atoms with E-state index < -0.39 is 0 Å². The van der Waals surface area contributed by atoms with Crippen molar-refractivity contribution in [3.8, 4) is 0 Å². The number of hydrogen-bond donors (Lipinski definition) is 0. The molecule has 0 aliphatic carbocycles. The van der Waals surface area contributed by atoms with E-state index in [4.69, 9.17) is 0 Å². The summed E-state index contributed by atoms with van der Waals surface area (Å²) >= 11 is 7.01. The summed E-state index contributed by atoms with van der Waals surface area (Å²) in [6, 6.07) is 5.13. The molecule has 0 radical (unpaired) electrons. The van der Waals surface area contributed by atoms with Crippen LogP contribution in [0.15, 0.2) is 22.7 Å². The van der Waals surface area contributed by atoms with Crippen LogP contribution in [0.25, 0.3) is 0 Å². The maximum atomic E-state index is 13.4. The molecule has 0 fully saturated rings. The molecule has 90 valence electrons. The van der Waals surface area contributed by atoms with Gasteiger partial charge in [-0.3, -0.25) is 0 Å². The Hall–Kier alpha value is 0.110. The maximum absolute atomic E-state index is 13.4. The second-order valence-corrected chi connectivity index (χ2v) is 6.48. The molecule has 1 atom stereocenters. The Morgan fingerprint density at radius 2 is 2.00 bits per heavy atom. The van der Waals surface area contributed by atoms with Gasteiger partial charge in [0, 0.05) is 9.30 Å². The Bertz CT molecular complexity index is 337. The summed E-state index contributed by atoms with van der Waals surface area (Å²) < 4.78 is 14.4. The van der Waals surface area contributed by atoms with Crippen LogP contribution in [0.3, 0.4) is 0 Å². The summed E-state index contributed by atoms with van der Waals surface area (Å²) in [7, 11) is 0. The van der Waals surface area contributed by atoms with Crippen molar-refractivity contribution < 1.29 is 4.39 Å². The fourth-order valence-corrected chi connectivity index (χ4v) is 2.29. The van der Waals surface area contributed by atoms with Crippen LogP contribution in [-0.4, -0.2) is 4.83 Å². The Morgan fingerprint density at radius 3 is 2.62 bits per heavy atom. The van der Waals surface area contributed by atoms with E-state index >= 15 is 0 Å². The third-order valence-electron chi connectivity index (χ3n) is 2.66. The zero-order chi connectivity index (χ0) is 12.1. The number of rotatable bonds is 5. The van der Waals surface area contributed by atoms with Crippen LogP contribution in [-0.2, 0) is 6.42 Å². The van der Waals surface area contributed by atoms with Gasteiger partial charge in [-0.25, -0.2) is 4.39 Å². The smallest absolute Gasteiger partial charge is 0.126 e. The molecule has 0 aliphatic rings. The Kier molecular flexibility index (Phi) is 5.98. The molecule has 0 amide bonds. The molecule has 1 rings (SSSR count). The number of benzene rings is 1. The molecule has 1 aromatic carbocycles. The van der Waals surface area contributed by atoms with Crippen molar-refractivity contribution in [3.05, 3.63) is 34.1 Å². The molecule has 0 aliphatic heterocycles. The third-order valence-corrected chi connectivity index (χ3v) is 4.67. The lowest BCUT2D eigenvalue weighted by molar-refractivity contribution is 0.552. The Morgan fingerprint density at radius 1 is 1.31 bits per heavy atom. The first kappa shape index (κ1) is 14.2. The molecule has 3 heteroatoms. The van der Waals surface area contributed by atoms with Gasteiger partial charge in [0.15, 0.2) is 0 Å². The summed E-state index contributed by atoms with van der Waals surface area (Å²) in [5.41, 5.74) is 0.804. The van der Waals surface area contributed by atoms with E-state index in [-0.39, 0.29) is 5.82 Å². The van der Waals surface area contributed by atoms with E-state index in [1.54, 1.807) is 6.07 Å². The van der Waals surface area contributed by atoms with Crippen LogP contribution >= 0.6 is 31.9 Å². The number of alkyl halides is 1. The third kappa shape index (κ3) is 4.54. The predicted molar refractivity (Wildman–Crippen MR) is 74.6 cm³/mol. The van der Waals surface area contributed by atoms with Gasteiger partial charge in [0.05, 0.1) is 0 Å². The fraction of sp³-hybridized carbons (Fsp3) is 0.538. The average molecular weight is 352 g/mol. The summed E-state index contributed by atoms with van der Waals surface area (Å²) in [5, 5.41) is 0. The van der Waals surface area contributed by atoms with Gasteiger partial charge in [-0.15, -0.1) is 0 Å². The van der Waals surface area contributed by atoms with Gasteiger partial charge in [0.2, 0.25) is 0 Å². The standard InChI is InChI=1S/C13H17Br2F/c1-9(2)12(15)5-3-4-10-8-11(14)6-7-13(10)16/h6-9,12H,3-5H2,1-2H3. The van der Waals surface area contributed by atoms with Gasteiger partial charge in [-0.2, -0.15) is 0 Å². The number of aryl methyl sites for hydroxylation is 1. The van der Waals surface area contributed by atoms with E-state index in [0.717, 1.165) is 29.3 Å². The number of halogens is 3. The van der Waals surface area contributed by atoms with Crippen molar-refractivity contribution in [3.63, 3.8) is 0 Å². The summed E-state index contributed by atoms with van der Waals surface area (Å²) in [6.07, 6.45) is 2.91. The summed E-state index contributed by atoms with van der Waals surface area (Å²) in [5.74, 6) is 0.534. The predicted octanol–water partition coefficient (Wildman–Crippen LogP) is 5.33. The molecule has 0 aromatic heterocycles. The highest BCUT2D eigenvalue weighted by Crippen LogP contribution is 2.21. The van der Waals surface area contributed by atoms with E-state index in [9.17, 15) is 4.39 Å². The van der Waals surface area contributed by atoms with E-state index in [1.165, 1.54) is 6.07 Å². The van der Waals surface area contributed by atoms with Crippen LogP contribution in [0.4, 0.5) is 4.39 Å². The topological polar surface area (TPSA) is 0 Å². The minimum Gasteiger partial charge on any atom is -0.207 e. The molecule has 1 aromatic rings. The second-order valence-electron chi connectivity index (χ2n) is 4.39. The zero-order valence-corrected chi connectivity index (χ0v) is 12.8. The molecule has 1 unspecified atom stereocenters. The van der Waals surface area contributed by atoms with E-state index in [1.807, 2.05) is 6.07 Å². The van der Waals surface area contributed by atoms with Crippen LogP contribution in [0, 0.1) is 11.7 Å². The van der Waals surface area contributed by atoms with Crippen molar-refractivity contribution >= 4 is 31.9 Å². The molecule has 0 bridgehead atoms. The van der Waals surface area contributed by atoms with Crippen LogP contribution in [0.2, 0.25) is 0 Å². The molecular formula is C13H17Br2F. The summed E-state index contributed by atoms with van der Waals surface area (Å²) in [4.78, 5) is 0.530. The SMILES string of the molecule is CC(C)C(Br)CCCc1cc(Br)ccc1F. The zero-order valence-electron chi connectivity index (χ0n) is 9.64. The van der Waals surface area contributed by atoms with Crippen molar-refractivity contribution in [1.29, 1.82) is 0 Å². The van der Waals surface area contributed by atoms with Crippen LogP contribution < -0.4 is 0 Å². The van der Waals surface area contributed by atoms with Crippen LogP contribution in [0.5, 0.6) is 0 Å². The monoisotopic (exact) mass is 350 g/mol. The second kappa shape index (κ2) is 6.75. The van der Waals surface area contributed by atoms with E-state index in [2.05, 4.69) is 45.7 Å². The molecule has 0 nitrogen and oxygen atoms in total. The van der Waals surface area contributed by atoms with Crippen molar-refractivity contribution in [1.82, 2.24) is 0 Å². The lowest BCUT2D eigenvalue weighted by Gasteiger charge is -2.13. The van der Waals surface area contributed by atoms with Crippen molar-refractivity contribution in [2.75, 3.05) is 0 Å². The largest absolute Gasteiger partial charge is 0.207 e. The lowest BCUT2D eigenvalue weighted by Crippen LogP contribution is -2.07. The highest BCUT2D eigenvalue weighted by molar-refractivity contribution is 9.10. The maximum Gasteiger partial charge on any atom is 0.126 e. The highest BCUT2D eigenvalue weighted by atomic mass is 79.9. The quantitative estimate of drug-likeness (QED) is 0.629. The normalized spacial score (nSPS) is 13.1. The highest BCUT2D eigenvalue weighted by Gasteiger charge is 2.09. The summed E-state index contributed by atoms with van der Waals surface area (Å²) in [6.45, 7) is 4.39. The number of hydrogen-bond acceptors (Lipinski definition) is 0. The Balaban J connectivity index is 2.45. The van der Waals surface area contributed by atoms with Crippen molar-refractivity contribution in [2.45, 2.75) is 37.9 Å². The van der Waals surface area contributed by atoms with Gasteiger partial charge in [0.25, 0.3) is 0 Å². The van der Waals surface area contributed by atoms with Gasteiger partial charge in [-0.05, 0) is 48.9 Å². The minimum absolute atomic E-state index is 0.0983. The molecule has 0 heterocycles. The van der Waals surface area contributed by atoms with E-state index in [0.29, 0.717) is 10.7 Å². The van der Waals surface area contributed by atoms with Crippen molar-refractivity contribution in [2.24, 2.45) is 5.92 Å². The van der Waals surface area contributed by atoms with Crippen LogP contribution in [0.1, 0.15) is 32.3 Å². The fourth-order valence-electron chi connectivity index (χ4n) is 1.56. The molecule has 0 saturated carbocycles. The Labute approximate surface area is 114 Å². The molecular weight excluding hydrogens is 335 g/mol. The molecule has 0 N–H and O–H groups in total. The molecule has 0 spiro atoms. The molecule has 0 saturated heterocycles. The van der Waals surface area contributed by atoms with Gasteiger partial charge >= 0.3 is 0 Å².